The molecule has 1 heterocycles. The molecular formula is C10H10FNO2. The van der Waals surface area contributed by atoms with Gasteiger partial charge in [-0.2, -0.15) is 0 Å². The third-order valence-corrected chi connectivity index (χ3v) is 2.32. The fraction of sp³-hybridized carbons (Fsp3) is 0.300. The molecule has 1 saturated heterocycles. The first kappa shape index (κ1) is 9.15. The van der Waals surface area contributed by atoms with Crippen molar-refractivity contribution < 1.29 is 14.3 Å². The van der Waals surface area contributed by atoms with E-state index in [0.29, 0.717) is 18.7 Å². The molecule has 1 aromatic rings. The molecule has 1 aromatic carbocycles. The Balaban J connectivity index is 2.24. The minimum absolute atomic E-state index is 0.309. The Kier molecular flexibility index (Phi) is 2.21. The van der Waals surface area contributed by atoms with Crippen LogP contribution in [0.25, 0.3) is 0 Å². The molecule has 3 nitrogen and oxygen atoms in total. The smallest absolute Gasteiger partial charge is 0.255 e. The van der Waals surface area contributed by atoms with Crippen molar-refractivity contribution in [2.75, 3.05) is 11.4 Å². The zero-order valence-electron chi connectivity index (χ0n) is 7.48. The van der Waals surface area contributed by atoms with Crippen LogP contribution in [-0.4, -0.2) is 23.7 Å². The molecule has 14 heavy (non-hydrogen) atoms. The number of carbonyl (C=O) groups excluding carboxylic acids is 1. The maximum atomic E-state index is 12.6. The summed E-state index contributed by atoms with van der Waals surface area (Å²) in [6.07, 6.45) is -0.462. The fourth-order valence-corrected chi connectivity index (χ4v) is 1.54. The number of halogens is 1. The average molecular weight is 195 g/mol. The number of nitrogens with zero attached hydrogens (tertiary/aromatic N) is 1. The van der Waals surface area contributed by atoms with Crippen molar-refractivity contribution in [2.45, 2.75) is 12.5 Å². The number of rotatable bonds is 1. The van der Waals surface area contributed by atoms with Crippen molar-refractivity contribution >= 4 is 11.6 Å². The molecule has 0 spiro atoms. The third-order valence-electron chi connectivity index (χ3n) is 2.32. The Hall–Kier alpha value is -1.42. The lowest BCUT2D eigenvalue weighted by Gasteiger charge is -2.15. The highest BCUT2D eigenvalue weighted by molar-refractivity contribution is 5.98. The second-order valence-electron chi connectivity index (χ2n) is 3.27. The van der Waals surface area contributed by atoms with Crippen LogP contribution in [0.3, 0.4) is 0 Å². The molecule has 1 unspecified atom stereocenters. The van der Waals surface area contributed by atoms with Crippen LogP contribution < -0.4 is 4.90 Å². The predicted molar refractivity (Wildman–Crippen MR) is 49.4 cm³/mol. The first-order chi connectivity index (χ1) is 6.68. The Morgan fingerprint density at radius 3 is 2.50 bits per heavy atom. The van der Waals surface area contributed by atoms with Crippen LogP contribution in [0.1, 0.15) is 6.42 Å². The zero-order chi connectivity index (χ0) is 10.1. The second-order valence-corrected chi connectivity index (χ2v) is 3.27. The topological polar surface area (TPSA) is 40.5 Å². The minimum atomic E-state index is -0.903. The summed E-state index contributed by atoms with van der Waals surface area (Å²) in [5.74, 6) is -0.641. The molecule has 1 aliphatic rings. The van der Waals surface area contributed by atoms with Gasteiger partial charge in [-0.1, -0.05) is 0 Å². The summed E-state index contributed by atoms with van der Waals surface area (Å²) in [6, 6.07) is 5.66. The normalized spacial score (nSPS) is 21.7. The summed E-state index contributed by atoms with van der Waals surface area (Å²) in [7, 11) is 0. The van der Waals surface area contributed by atoms with Gasteiger partial charge in [0.2, 0.25) is 0 Å². The van der Waals surface area contributed by atoms with Gasteiger partial charge in [0.05, 0.1) is 0 Å². The number of aliphatic hydroxyl groups is 1. The van der Waals surface area contributed by atoms with Crippen LogP contribution in [0.2, 0.25) is 0 Å². The third kappa shape index (κ3) is 1.48. The lowest BCUT2D eigenvalue weighted by atomic mass is 10.3. The highest BCUT2D eigenvalue weighted by Crippen LogP contribution is 2.21. The van der Waals surface area contributed by atoms with E-state index < -0.39 is 6.10 Å². The van der Waals surface area contributed by atoms with Crippen LogP contribution in [-0.2, 0) is 4.79 Å². The zero-order valence-corrected chi connectivity index (χ0v) is 7.48. The van der Waals surface area contributed by atoms with Crippen LogP contribution in [0, 0.1) is 5.82 Å². The number of anilines is 1. The summed E-state index contributed by atoms with van der Waals surface area (Å²) in [6.45, 7) is 0.492. The molecule has 0 saturated carbocycles. The van der Waals surface area contributed by atoms with Gasteiger partial charge in [-0.25, -0.2) is 4.39 Å². The molecule has 1 aliphatic heterocycles. The van der Waals surface area contributed by atoms with Crippen molar-refractivity contribution in [1.82, 2.24) is 0 Å². The van der Waals surface area contributed by atoms with Gasteiger partial charge in [0.15, 0.2) is 0 Å². The van der Waals surface area contributed by atoms with Gasteiger partial charge in [-0.3, -0.25) is 4.79 Å². The molecule has 0 aliphatic carbocycles. The first-order valence-corrected chi connectivity index (χ1v) is 4.43. The van der Waals surface area contributed by atoms with E-state index in [2.05, 4.69) is 0 Å². The number of amides is 1. The summed E-state index contributed by atoms with van der Waals surface area (Å²) < 4.78 is 12.6. The van der Waals surface area contributed by atoms with Gasteiger partial charge < -0.3 is 10.0 Å². The second kappa shape index (κ2) is 3.38. The van der Waals surface area contributed by atoms with E-state index in [9.17, 15) is 14.3 Å². The predicted octanol–water partition coefficient (Wildman–Crippen LogP) is 0.923. The Bertz CT molecular complexity index is 350. The van der Waals surface area contributed by atoms with Crippen LogP contribution >= 0.6 is 0 Å². The number of hydrogen-bond donors (Lipinski definition) is 1. The summed E-state index contributed by atoms with van der Waals surface area (Å²) in [5.41, 5.74) is 0.632. The van der Waals surface area contributed by atoms with Crippen molar-refractivity contribution in [2.24, 2.45) is 0 Å². The molecule has 0 aromatic heterocycles. The summed E-state index contributed by atoms with van der Waals surface area (Å²) in [4.78, 5) is 12.8. The van der Waals surface area contributed by atoms with E-state index in [4.69, 9.17) is 0 Å². The van der Waals surface area contributed by atoms with Gasteiger partial charge in [0, 0.05) is 18.7 Å². The average Bonchev–Trinajstić information content (AvgIpc) is 2.50. The van der Waals surface area contributed by atoms with E-state index in [0.717, 1.165) is 0 Å². The van der Waals surface area contributed by atoms with E-state index in [1.807, 2.05) is 0 Å². The van der Waals surface area contributed by atoms with Crippen molar-refractivity contribution in [3.63, 3.8) is 0 Å². The molecule has 74 valence electrons. The minimum Gasteiger partial charge on any atom is -0.383 e. The van der Waals surface area contributed by atoms with Crippen LogP contribution in [0.15, 0.2) is 24.3 Å². The number of carbonyl (C=O) groups is 1. The van der Waals surface area contributed by atoms with Gasteiger partial charge >= 0.3 is 0 Å². The van der Waals surface area contributed by atoms with Crippen LogP contribution in [0.5, 0.6) is 0 Å². The molecule has 1 fully saturated rings. The van der Waals surface area contributed by atoms with Crippen LogP contribution in [0.4, 0.5) is 10.1 Å². The number of benzene rings is 1. The van der Waals surface area contributed by atoms with Gasteiger partial charge in [-0.15, -0.1) is 0 Å². The maximum Gasteiger partial charge on any atom is 0.255 e. The van der Waals surface area contributed by atoms with Crippen molar-refractivity contribution in [3.8, 4) is 0 Å². The Morgan fingerprint density at radius 1 is 1.36 bits per heavy atom. The molecule has 1 atom stereocenters. The standard InChI is InChI=1S/C10H10FNO2/c11-7-1-3-8(4-2-7)12-6-5-9(13)10(12)14/h1-4,9,13H,5-6H2. The molecule has 2 rings (SSSR count). The van der Waals surface area contributed by atoms with Gasteiger partial charge in [0.1, 0.15) is 11.9 Å². The van der Waals surface area contributed by atoms with Gasteiger partial charge in [-0.05, 0) is 24.3 Å². The quantitative estimate of drug-likeness (QED) is 0.724. The lowest BCUT2D eigenvalue weighted by molar-refractivity contribution is -0.123. The van der Waals surface area contributed by atoms with Crippen molar-refractivity contribution in [1.29, 1.82) is 0 Å². The highest BCUT2D eigenvalue weighted by Gasteiger charge is 2.30. The molecule has 1 amide bonds. The molecular weight excluding hydrogens is 185 g/mol. The Morgan fingerprint density at radius 2 is 2.00 bits per heavy atom. The SMILES string of the molecule is O=C1C(O)CCN1c1ccc(F)cc1. The van der Waals surface area contributed by atoms with Gasteiger partial charge in [0.25, 0.3) is 5.91 Å². The molecule has 0 radical (unpaired) electrons. The van der Waals surface area contributed by atoms with Crippen molar-refractivity contribution in [3.05, 3.63) is 30.1 Å². The number of hydrogen-bond acceptors (Lipinski definition) is 2. The summed E-state index contributed by atoms with van der Waals surface area (Å²) in [5, 5.41) is 9.22. The highest BCUT2D eigenvalue weighted by atomic mass is 19.1. The monoisotopic (exact) mass is 195 g/mol. The van der Waals surface area contributed by atoms with E-state index in [1.54, 1.807) is 0 Å². The van der Waals surface area contributed by atoms with E-state index in [-0.39, 0.29) is 11.7 Å². The van der Waals surface area contributed by atoms with E-state index >= 15 is 0 Å². The maximum absolute atomic E-state index is 12.6. The lowest BCUT2D eigenvalue weighted by Crippen LogP contribution is -2.28. The number of aliphatic hydroxyl groups excluding tert-OH is 1. The largest absolute Gasteiger partial charge is 0.383 e. The Labute approximate surface area is 80.8 Å². The summed E-state index contributed by atoms with van der Waals surface area (Å²) >= 11 is 0. The molecule has 4 heteroatoms. The molecule has 0 bridgehead atoms. The first-order valence-electron chi connectivity index (χ1n) is 4.43. The fourth-order valence-electron chi connectivity index (χ4n) is 1.54. The van der Waals surface area contributed by atoms with E-state index in [1.165, 1.54) is 29.2 Å². The molecule has 1 N–H and O–H groups in total.